The molecule has 6 heteroatoms. The normalized spacial score (nSPS) is 11.5. The molecular weight excluding hydrogens is 276 g/mol. The number of rotatable bonds is 7. The molecule has 1 aromatic carbocycles. The fourth-order valence-electron chi connectivity index (χ4n) is 1.58. The molecule has 1 aromatic rings. The Bertz CT molecular complexity index is 475. The van der Waals surface area contributed by atoms with E-state index < -0.39 is 4.92 Å². The van der Waals surface area contributed by atoms with Crippen LogP contribution in [0.4, 0.5) is 11.4 Å². The van der Waals surface area contributed by atoms with Crippen molar-refractivity contribution in [1.29, 1.82) is 0 Å². The quantitative estimate of drug-likeness (QED) is 0.610. The van der Waals surface area contributed by atoms with Gasteiger partial charge in [-0.05, 0) is 46.1 Å². The minimum Gasteiger partial charge on any atom is -0.484 e. The largest absolute Gasteiger partial charge is 0.484 e. The number of nitro benzene ring substituents is 1. The van der Waals surface area contributed by atoms with E-state index in [2.05, 4.69) is 19.2 Å². The molecule has 0 radical (unpaired) electrons. The van der Waals surface area contributed by atoms with Crippen LogP contribution in [0.25, 0.3) is 0 Å². The van der Waals surface area contributed by atoms with Crippen molar-refractivity contribution < 1.29 is 9.66 Å². The van der Waals surface area contributed by atoms with Crippen LogP contribution in [0, 0.1) is 10.1 Å². The lowest BCUT2D eigenvalue weighted by atomic mass is 10.2. The van der Waals surface area contributed by atoms with Crippen molar-refractivity contribution in [2.75, 3.05) is 18.1 Å². The third-order valence-corrected chi connectivity index (χ3v) is 4.05. The number of thioether (sulfide) groups is 1. The Balaban J connectivity index is 3.04. The highest BCUT2D eigenvalue weighted by Crippen LogP contribution is 2.36. The molecule has 0 aliphatic heterocycles. The van der Waals surface area contributed by atoms with Crippen molar-refractivity contribution in [3.8, 4) is 5.75 Å². The summed E-state index contributed by atoms with van der Waals surface area (Å²) in [6, 6.07) is 5.10. The van der Waals surface area contributed by atoms with Crippen LogP contribution in [0.2, 0.25) is 0 Å². The van der Waals surface area contributed by atoms with Gasteiger partial charge in [-0.1, -0.05) is 6.07 Å². The standard InChI is InChI=1S/C14H22N2O3S/c1-10(2)19-12-8-6-7-11(13(12)16(17)18)15-9-14(3,4)20-5/h6-8,10,15H,9H2,1-5H3. The van der Waals surface area contributed by atoms with Crippen LogP contribution in [0.15, 0.2) is 18.2 Å². The van der Waals surface area contributed by atoms with Gasteiger partial charge in [0, 0.05) is 11.3 Å². The average Bonchev–Trinajstić information content (AvgIpc) is 2.35. The number of ether oxygens (including phenoxy) is 1. The van der Waals surface area contributed by atoms with E-state index in [9.17, 15) is 10.1 Å². The maximum absolute atomic E-state index is 11.3. The lowest BCUT2D eigenvalue weighted by Crippen LogP contribution is -2.26. The van der Waals surface area contributed by atoms with E-state index in [0.29, 0.717) is 18.0 Å². The molecule has 0 aliphatic rings. The molecule has 20 heavy (non-hydrogen) atoms. The number of anilines is 1. The van der Waals surface area contributed by atoms with Gasteiger partial charge < -0.3 is 10.1 Å². The van der Waals surface area contributed by atoms with Crippen LogP contribution in [0.5, 0.6) is 5.75 Å². The summed E-state index contributed by atoms with van der Waals surface area (Å²) in [4.78, 5) is 10.9. The molecule has 0 fully saturated rings. The third kappa shape index (κ3) is 4.59. The molecule has 1 N–H and O–H groups in total. The molecule has 0 saturated heterocycles. The zero-order valence-electron chi connectivity index (χ0n) is 12.6. The molecule has 0 heterocycles. The first-order chi connectivity index (χ1) is 9.26. The van der Waals surface area contributed by atoms with E-state index in [0.717, 1.165) is 0 Å². The molecule has 0 spiro atoms. The first kappa shape index (κ1) is 16.6. The molecule has 0 amide bonds. The molecule has 0 saturated carbocycles. The fourth-order valence-corrected chi connectivity index (χ4v) is 1.80. The van der Waals surface area contributed by atoms with Gasteiger partial charge in [-0.2, -0.15) is 11.8 Å². The SMILES string of the molecule is CSC(C)(C)CNc1cccc(OC(C)C)c1[N+](=O)[O-]. The van der Waals surface area contributed by atoms with Crippen LogP contribution in [0.3, 0.4) is 0 Å². The average molecular weight is 298 g/mol. The van der Waals surface area contributed by atoms with Crippen molar-refractivity contribution in [2.45, 2.75) is 38.5 Å². The molecule has 112 valence electrons. The Morgan fingerprint density at radius 3 is 2.60 bits per heavy atom. The van der Waals surface area contributed by atoms with Gasteiger partial charge >= 0.3 is 5.69 Å². The van der Waals surface area contributed by atoms with E-state index in [1.807, 2.05) is 20.1 Å². The number of benzene rings is 1. The first-order valence-electron chi connectivity index (χ1n) is 6.50. The van der Waals surface area contributed by atoms with Crippen LogP contribution in [-0.2, 0) is 0 Å². The monoisotopic (exact) mass is 298 g/mol. The minimum atomic E-state index is -0.397. The molecular formula is C14H22N2O3S. The smallest absolute Gasteiger partial charge is 0.333 e. The van der Waals surface area contributed by atoms with Crippen LogP contribution in [0.1, 0.15) is 27.7 Å². The number of hydrogen-bond donors (Lipinski definition) is 1. The van der Waals surface area contributed by atoms with E-state index in [1.54, 1.807) is 30.0 Å². The molecule has 0 bridgehead atoms. The van der Waals surface area contributed by atoms with Gasteiger partial charge in [-0.15, -0.1) is 0 Å². The second kappa shape index (κ2) is 6.83. The second-order valence-corrected chi connectivity index (χ2v) is 6.91. The number of nitrogens with zero attached hydrogens (tertiary/aromatic N) is 1. The molecule has 0 aromatic heterocycles. The Hall–Kier alpha value is -1.43. The summed E-state index contributed by atoms with van der Waals surface area (Å²) >= 11 is 1.71. The molecule has 0 aliphatic carbocycles. The third-order valence-electron chi connectivity index (χ3n) is 2.80. The molecule has 1 rings (SSSR count). The zero-order chi connectivity index (χ0) is 15.3. The Morgan fingerprint density at radius 2 is 2.10 bits per heavy atom. The molecule has 0 unspecified atom stereocenters. The van der Waals surface area contributed by atoms with Gasteiger partial charge in [0.2, 0.25) is 0 Å². The summed E-state index contributed by atoms with van der Waals surface area (Å²) in [6.45, 7) is 8.51. The summed E-state index contributed by atoms with van der Waals surface area (Å²) < 4.78 is 5.52. The lowest BCUT2D eigenvalue weighted by molar-refractivity contribution is -0.385. The first-order valence-corrected chi connectivity index (χ1v) is 7.72. The maximum atomic E-state index is 11.3. The molecule has 5 nitrogen and oxygen atoms in total. The van der Waals surface area contributed by atoms with Crippen molar-refractivity contribution >= 4 is 23.1 Å². The Morgan fingerprint density at radius 1 is 1.45 bits per heavy atom. The van der Waals surface area contributed by atoms with Gasteiger partial charge in [0.1, 0.15) is 5.69 Å². The predicted molar refractivity (Wildman–Crippen MR) is 84.9 cm³/mol. The predicted octanol–water partition coefficient (Wildman–Crippen LogP) is 3.94. The number of nitro groups is 1. The number of para-hydroxylation sites is 1. The van der Waals surface area contributed by atoms with Crippen LogP contribution < -0.4 is 10.1 Å². The van der Waals surface area contributed by atoms with E-state index in [-0.39, 0.29) is 16.5 Å². The maximum Gasteiger partial charge on any atom is 0.333 e. The number of hydrogen-bond acceptors (Lipinski definition) is 5. The van der Waals surface area contributed by atoms with Crippen molar-refractivity contribution in [3.05, 3.63) is 28.3 Å². The van der Waals surface area contributed by atoms with Gasteiger partial charge in [0.05, 0.1) is 11.0 Å². The lowest BCUT2D eigenvalue weighted by Gasteiger charge is -2.23. The van der Waals surface area contributed by atoms with Crippen molar-refractivity contribution in [3.63, 3.8) is 0 Å². The molecule has 0 atom stereocenters. The minimum absolute atomic E-state index is 0.00176. The Labute approximate surface area is 124 Å². The summed E-state index contributed by atoms with van der Waals surface area (Å²) in [7, 11) is 0. The zero-order valence-corrected chi connectivity index (χ0v) is 13.4. The summed E-state index contributed by atoms with van der Waals surface area (Å²) in [5.41, 5.74) is 0.494. The second-order valence-electron chi connectivity index (χ2n) is 5.39. The highest BCUT2D eigenvalue weighted by atomic mass is 32.2. The summed E-state index contributed by atoms with van der Waals surface area (Å²) in [5, 5.41) is 14.5. The van der Waals surface area contributed by atoms with Crippen LogP contribution >= 0.6 is 11.8 Å². The highest BCUT2D eigenvalue weighted by Gasteiger charge is 2.23. The van der Waals surface area contributed by atoms with Gasteiger partial charge in [0.25, 0.3) is 0 Å². The Kier molecular flexibility index (Phi) is 5.68. The topological polar surface area (TPSA) is 64.4 Å². The summed E-state index contributed by atoms with van der Waals surface area (Å²) in [6.07, 6.45) is 1.92. The van der Waals surface area contributed by atoms with Gasteiger partial charge in [-0.25, -0.2) is 0 Å². The van der Waals surface area contributed by atoms with E-state index in [4.69, 9.17) is 4.74 Å². The number of nitrogens with one attached hydrogen (secondary N) is 1. The highest BCUT2D eigenvalue weighted by molar-refractivity contribution is 7.99. The van der Waals surface area contributed by atoms with Gasteiger partial charge in [0.15, 0.2) is 5.75 Å². The van der Waals surface area contributed by atoms with Crippen molar-refractivity contribution in [1.82, 2.24) is 0 Å². The summed E-state index contributed by atoms with van der Waals surface area (Å²) in [5.74, 6) is 0.303. The van der Waals surface area contributed by atoms with E-state index >= 15 is 0 Å². The van der Waals surface area contributed by atoms with E-state index in [1.165, 1.54) is 0 Å². The van der Waals surface area contributed by atoms with Crippen molar-refractivity contribution in [2.24, 2.45) is 0 Å². The van der Waals surface area contributed by atoms with Crippen LogP contribution in [-0.4, -0.2) is 28.6 Å². The van der Waals surface area contributed by atoms with Gasteiger partial charge in [-0.3, -0.25) is 10.1 Å². The fraction of sp³-hybridized carbons (Fsp3) is 0.571.